The van der Waals surface area contributed by atoms with Gasteiger partial charge in [0, 0.05) is 30.4 Å². The number of aromatic nitrogens is 3. The second-order valence-corrected chi connectivity index (χ2v) is 7.49. The highest BCUT2D eigenvalue weighted by Gasteiger charge is 2.22. The van der Waals surface area contributed by atoms with Gasteiger partial charge in [-0.1, -0.05) is 23.7 Å². The smallest absolute Gasteiger partial charge is 0.289 e. The molecule has 1 saturated heterocycles. The van der Waals surface area contributed by atoms with Crippen molar-refractivity contribution in [2.75, 3.05) is 31.2 Å². The first kappa shape index (κ1) is 19.5. The number of halogens is 1. The summed E-state index contributed by atoms with van der Waals surface area (Å²) in [4.78, 5) is 28.6. The van der Waals surface area contributed by atoms with Gasteiger partial charge in [0.1, 0.15) is 5.82 Å². The Kier molecular flexibility index (Phi) is 5.60. The highest BCUT2D eigenvalue weighted by molar-refractivity contribution is 6.30. The van der Waals surface area contributed by atoms with Crippen LogP contribution in [0.2, 0.25) is 5.02 Å². The van der Waals surface area contributed by atoms with Crippen LogP contribution in [0.5, 0.6) is 0 Å². The minimum Gasteiger partial charge on any atom is -0.378 e. The monoisotopic (exact) mass is 411 g/mol. The predicted octanol–water partition coefficient (Wildman–Crippen LogP) is 3.06. The molecule has 3 heterocycles. The Morgan fingerprint density at radius 3 is 2.59 bits per heavy atom. The topological polar surface area (TPSA) is 80.2 Å². The Morgan fingerprint density at radius 2 is 1.86 bits per heavy atom. The molecule has 1 amide bonds. The van der Waals surface area contributed by atoms with E-state index in [1.807, 2.05) is 32.0 Å². The van der Waals surface area contributed by atoms with Crippen molar-refractivity contribution in [2.45, 2.75) is 20.4 Å². The number of rotatable bonds is 4. The minimum atomic E-state index is -0.336. The maximum atomic E-state index is 12.8. The van der Waals surface area contributed by atoms with Crippen molar-refractivity contribution in [2.24, 2.45) is 0 Å². The molecule has 1 aromatic carbocycles. The van der Waals surface area contributed by atoms with Gasteiger partial charge in [-0.3, -0.25) is 4.79 Å². The van der Waals surface area contributed by atoms with Gasteiger partial charge >= 0.3 is 0 Å². The standard InChI is InChI=1S/C21H22ClN5O2/c1-13-11-14(2)24-18-17(13)20(27-7-9-29-10-8-27)26-19(25-18)21(28)23-12-15-3-5-16(22)6-4-15/h3-6,11H,7-10,12H2,1-2H3,(H,23,28). The number of amides is 1. The molecule has 0 saturated carbocycles. The van der Waals surface area contributed by atoms with Gasteiger partial charge in [0.2, 0.25) is 5.82 Å². The number of hydrogen-bond acceptors (Lipinski definition) is 6. The van der Waals surface area contributed by atoms with Crippen LogP contribution in [0.4, 0.5) is 5.82 Å². The molecule has 1 aliphatic heterocycles. The van der Waals surface area contributed by atoms with E-state index in [0.29, 0.717) is 43.5 Å². The molecule has 0 spiro atoms. The molecule has 2 aromatic heterocycles. The fourth-order valence-corrected chi connectivity index (χ4v) is 3.55. The van der Waals surface area contributed by atoms with Crippen LogP contribution < -0.4 is 10.2 Å². The fourth-order valence-electron chi connectivity index (χ4n) is 3.43. The van der Waals surface area contributed by atoms with Crippen LogP contribution in [-0.4, -0.2) is 47.2 Å². The van der Waals surface area contributed by atoms with Crippen LogP contribution in [-0.2, 0) is 11.3 Å². The van der Waals surface area contributed by atoms with Gasteiger partial charge in [0.25, 0.3) is 5.91 Å². The molecule has 3 aromatic rings. The maximum absolute atomic E-state index is 12.8. The van der Waals surface area contributed by atoms with Gasteiger partial charge in [-0.15, -0.1) is 0 Å². The van der Waals surface area contributed by atoms with E-state index in [1.165, 1.54) is 0 Å². The molecule has 150 valence electrons. The first-order chi connectivity index (χ1) is 14.0. The lowest BCUT2D eigenvalue weighted by Gasteiger charge is -2.29. The molecule has 0 aliphatic carbocycles. The summed E-state index contributed by atoms with van der Waals surface area (Å²) in [6, 6.07) is 9.34. The number of carbonyl (C=O) groups excluding carboxylic acids is 1. The van der Waals surface area contributed by atoms with E-state index < -0.39 is 0 Å². The van der Waals surface area contributed by atoms with Crippen LogP contribution in [0, 0.1) is 13.8 Å². The molecular formula is C21H22ClN5O2. The van der Waals surface area contributed by atoms with Crippen molar-refractivity contribution in [3.63, 3.8) is 0 Å². The molecule has 0 unspecified atom stereocenters. The van der Waals surface area contributed by atoms with E-state index in [1.54, 1.807) is 12.1 Å². The summed E-state index contributed by atoms with van der Waals surface area (Å²) in [5, 5.41) is 4.42. The summed E-state index contributed by atoms with van der Waals surface area (Å²) in [7, 11) is 0. The van der Waals surface area contributed by atoms with Crippen LogP contribution >= 0.6 is 11.6 Å². The number of hydrogen-bond donors (Lipinski definition) is 1. The van der Waals surface area contributed by atoms with E-state index in [0.717, 1.165) is 28.0 Å². The number of pyridine rings is 1. The molecular weight excluding hydrogens is 390 g/mol. The summed E-state index contributed by atoms with van der Waals surface area (Å²) in [6.45, 7) is 6.98. The molecule has 0 atom stereocenters. The van der Waals surface area contributed by atoms with E-state index in [2.05, 4.69) is 25.2 Å². The van der Waals surface area contributed by atoms with Crippen LogP contribution in [0.25, 0.3) is 11.0 Å². The highest BCUT2D eigenvalue weighted by atomic mass is 35.5. The predicted molar refractivity (Wildman–Crippen MR) is 112 cm³/mol. The number of carbonyl (C=O) groups is 1. The van der Waals surface area contributed by atoms with Crippen LogP contribution in [0.1, 0.15) is 27.4 Å². The molecule has 0 radical (unpaired) electrons. The van der Waals surface area contributed by atoms with E-state index in [4.69, 9.17) is 16.3 Å². The maximum Gasteiger partial charge on any atom is 0.289 e. The van der Waals surface area contributed by atoms with Crippen molar-refractivity contribution in [1.82, 2.24) is 20.3 Å². The van der Waals surface area contributed by atoms with Gasteiger partial charge in [0.05, 0.1) is 18.6 Å². The zero-order chi connectivity index (χ0) is 20.4. The lowest BCUT2D eigenvalue weighted by molar-refractivity contribution is 0.0940. The SMILES string of the molecule is Cc1cc(C)c2c(N3CCOCC3)nc(C(=O)NCc3ccc(Cl)cc3)nc2n1. The lowest BCUT2D eigenvalue weighted by Crippen LogP contribution is -2.37. The zero-order valence-corrected chi connectivity index (χ0v) is 17.2. The summed E-state index contributed by atoms with van der Waals surface area (Å²) < 4.78 is 5.47. The van der Waals surface area contributed by atoms with Crippen molar-refractivity contribution in [1.29, 1.82) is 0 Å². The Morgan fingerprint density at radius 1 is 1.14 bits per heavy atom. The summed E-state index contributed by atoms with van der Waals surface area (Å²) >= 11 is 5.91. The Bertz CT molecular complexity index is 1050. The Hall–Kier alpha value is -2.77. The third-order valence-corrected chi connectivity index (χ3v) is 5.10. The summed E-state index contributed by atoms with van der Waals surface area (Å²) in [5.74, 6) is 0.516. The molecule has 1 fully saturated rings. The molecule has 8 heteroatoms. The number of fused-ring (bicyclic) bond motifs is 1. The third-order valence-electron chi connectivity index (χ3n) is 4.85. The van der Waals surface area contributed by atoms with Crippen molar-refractivity contribution in [3.8, 4) is 0 Å². The van der Waals surface area contributed by atoms with Gasteiger partial charge < -0.3 is 15.0 Å². The normalized spacial score (nSPS) is 14.2. The van der Waals surface area contributed by atoms with Gasteiger partial charge in [-0.25, -0.2) is 15.0 Å². The molecule has 7 nitrogen and oxygen atoms in total. The molecule has 1 aliphatic rings. The molecule has 1 N–H and O–H groups in total. The lowest BCUT2D eigenvalue weighted by atomic mass is 10.1. The van der Waals surface area contributed by atoms with Crippen LogP contribution in [0.3, 0.4) is 0 Å². The Balaban J connectivity index is 1.68. The van der Waals surface area contributed by atoms with Gasteiger partial charge in [0.15, 0.2) is 5.65 Å². The quantitative estimate of drug-likeness (QED) is 0.710. The van der Waals surface area contributed by atoms with Gasteiger partial charge in [-0.2, -0.15) is 0 Å². The first-order valence-corrected chi connectivity index (χ1v) is 9.90. The van der Waals surface area contributed by atoms with Crippen molar-refractivity contribution in [3.05, 3.63) is 58.0 Å². The number of aryl methyl sites for hydroxylation is 2. The van der Waals surface area contributed by atoms with Crippen molar-refractivity contribution >= 4 is 34.4 Å². The largest absolute Gasteiger partial charge is 0.378 e. The number of anilines is 1. The van der Waals surface area contributed by atoms with Gasteiger partial charge in [-0.05, 0) is 43.2 Å². The number of nitrogens with zero attached hydrogens (tertiary/aromatic N) is 4. The Labute approximate surface area is 174 Å². The van der Waals surface area contributed by atoms with Crippen molar-refractivity contribution < 1.29 is 9.53 Å². The number of benzene rings is 1. The number of ether oxygens (including phenoxy) is 1. The second kappa shape index (κ2) is 8.31. The average molecular weight is 412 g/mol. The molecule has 0 bridgehead atoms. The molecule has 29 heavy (non-hydrogen) atoms. The number of nitrogens with one attached hydrogen (secondary N) is 1. The first-order valence-electron chi connectivity index (χ1n) is 9.52. The van der Waals surface area contributed by atoms with E-state index in [9.17, 15) is 4.79 Å². The van der Waals surface area contributed by atoms with E-state index in [-0.39, 0.29) is 11.7 Å². The third kappa shape index (κ3) is 4.31. The average Bonchev–Trinajstić information content (AvgIpc) is 2.72. The minimum absolute atomic E-state index is 0.116. The summed E-state index contributed by atoms with van der Waals surface area (Å²) in [5.41, 5.74) is 3.38. The highest BCUT2D eigenvalue weighted by Crippen LogP contribution is 2.27. The number of morpholine rings is 1. The summed E-state index contributed by atoms with van der Waals surface area (Å²) in [6.07, 6.45) is 0. The van der Waals surface area contributed by atoms with Crippen LogP contribution in [0.15, 0.2) is 30.3 Å². The zero-order valence-electron chi connectivity index (χ0n) is 16.4. The second-order valence-electron chi connectivity index (χ2n) is 7.06. The van der Waals surface area contributed by atoms with E-state index >= 15 is 0 Å². The fraction of sp³-hybridized carbons (Fsp3) is 0.333. The molecule has 4 rings (SSSR count).